The minimum absolute atomic E-state index is 0.0518. The van der Waals surface area contributed by atoms with Crippen molar-refractivity contribution in [2.45, 2.75) is 24.3 Å². The second kappa shape index (κ2) is 5.51. The van der Waals surface area contributed by atoms with Gasteiger partial charge in [0.2, 0.25) is 0 Å². The van der Waals surface area contributed by atoms with Gasteiger partial charge in [-0.2, -0.15) is 10.4 Å². The zero-order valence-electron chi connectivity index (χ0n) is 13.0. The summed E-state index contributed by atoms with van der Waals surface area (Å²) < 4.78 is 29.4. The van der Waals surface area contributed by atoms with E-state index in [0.29, 0.717) is 22.8 Å². The maximum atomic E-state index is 12.6. The minimum Gasteiger partial charge on any atom is -0.358 e. The fraction of sp³-hybridized carbons (Fsp3) is 0.250. The summed E-state index contributed by atoms with van der Waals surface area (Å²) in [7, 11) is -3.80. The van der Waals surface area contributed by atoms with Crippen LogP contribution in [0.4, 0.5) is 5.69 Å². The maximum absolute atomic E-state index is 12.6. The molecule has 4 rings (SSSR count). The van der Waals surface area contributed by atoms with Gasteiger partial charge in [0.05, 0.1) is 40.5 Å². The zero-order valence-corrected chi connectivity index (χ0v) is 14.6. The van der Waals surface area contributed by atoms with Gasteiger partial charge >= 0.3 is 0 Å². The summed E-state index contributed by atoms with van der Waals surface area (Å²) in [6.07, 6.45) is 5.98. The van der Waals surface area contributed by atoms with E-state index in [1.54, 1.807) is 24.4 Å². The van der Waals surface area contributed by atoms with Gasteiger partial charge < -0.3 is 4.98 Å². The van der Waals surface area contributed by atoms with E-state index in [1.807, 2.05) is 0 Å². The van der Waals surface area contributed by atoms with Crippen molar-refractivity contribution < 1.29 is 8.42 Å². The van der Waals surface area contributed by atoms with E-state index in [2.05, 4.69) is 20.9 Å². The fourth-order valence-corrected chi connectivity index (χ4v) is 3.98. The number of nitrogens with one attached hydrogen (secondary N) is 2. The first-order valence-corrected chi connectivity index (χ1v) is 9.51. The summed E-state index contributed by atoms with van der Waals surface area (Å²) in [4.78, 5) is 3.02. The molecule has 0 aliphatic heterocycles. The van der Waals surface area contributed by atoms with E-state index in [0.717, 1.165) is 18.2 Å². The molecule has 2 heterocycles. The van der Waals surface area contributed by atoms with Crippen LogP contribution in [0.1, 0.15) is 12.8 Å². The number of anilines is 1. The van der Waals surface area contributed by atoms with Crippen molar-refractivity contribution in [2.75, 3.05) is 4.72 Å². The van der Waals surface area contributed by atoms with Crippen LogP contribution in [0.2, 0.25) is 5.02 Å². The topological polar surface area (TPSA) is 104 Å². The number of halogens is 1. The van der Waals surface area contributed by atoms with Crippen molar-refractivity contribution in [1.82, 2.24) is 14.8 Å². The summed E-state index contributed by atoms with van der Waals surface area (Å²) in [5.74, 6) is 0. The van der Waals surface area contributed by atoms with Crippen molar-refractivity contribution in [1.29, 1.82) is 5.26 Å². The molecule has 1 fully saturated rings. The molecule has 128 valence electrons. The number of sulfonamides is 1. The Morgan fingerprint density at radius 2 is 2.24 bits per heavy atom. The number of hydrogen-bond donors (Lipinski definition) is 2. The molecule has 2 aromatic heterocycles. The molecule has 25 heavy (non-hydrogen) atoms. The third-order valence-corrected chi connectivity index (χ3v) is 6.02. The zero-order chi connectivity index (χ0) is 17.7. The van der Waals surface area contributed by atoms with Gasteiger partial charge in [0.25, 0.3) is 10.0 Å². The van der Waals surface area contributed by atoms with Crippen molar-refractivity contribution >= 4 is 38.2 Å². The molecule has 1 saturated carbocycles. The van der Waals surface area contributed by atoms with Crippen LogP contribution in [-0.2, 0) is 16.6 Å². The number of hydrogen-bond acceptors (Lipinski definition) is 4. The number of fused-ring (bicyclic) bond motifs is 1. The molecule has 0 amide bonds. The number of aromatic nitrogens is 3. The molecule has 2 N–H and O–H groups in total. The average Bonchev–Trinajstić information content (AvgIpc) is 3.00. The van der Waals surface area contributed by atoms with Gasteiger partial charge in [-0.1, -0.05) is 23.7 Å². The largest absolute Gasteiger partial charge is 0.358 e. The first-order chi connectivity index (χ1) is 11.9. The van der Waals surface area contributed by atoms with E-state index in [1.165, 1.54) is 17.1 Å². The molecule has 1 aliphatic rings. The van der Waals surface area contributed by atoms with Crippen LogP contribution in [0.15, 0.2) is 41.7 Å². The summed E-state index contributed by atoms with van der Waals surface area (Å²) in [6.45, 7) is 0.404. The highest BCUT2D eigenvalue weighted by atomic mass is 35.5. The molecule has 3 aromatic rings. The molecule has 0 saturated heterocycles. The SMILES string of the molecule is N#CC1(Cn2cc(S(=O)(=O)Nc3cccc4c(Cl)c[nH]c34)cn2)CC1. The quantitative estimate of drug-likeness (QED) is 0.714. The molecule has 1 aliphatic carbocycles. The monoisotopic (exact) mass is 375 g/mol. The highest BCUT2D eigenvalue weighted by molar-refractivity contribution is 7.92. The minimum atomic E-state index is -3.80. The number of benzene rings is 1. The number of H-pyrrole nitrogens is 1. The average molecular weight is 376 g/mol. The highest BCUT2D eigenvalue weighted by Gasteiger charge is 2.43. The van der Waals surface area contributed by atoms with Gasteiger partial charge in [0, 0.05) is 17.8 Å². The number of para-hydroxylation sites is 1. The molecule has 1 aromatic carbocycles. The second-order valence-electron chi connectivity index (χ2n) is 6.24. The van der Waals surface area contributed by atoms with Gasteiger partial charge in [0.15, 0.2) is 0 Å². The highest BCUT2D eigenvalue weighted by Crippen LogP contribution is 2.46. The Bertz CT molecular complexity index is 1110. The number of nitrogens with zero attached hydrogens (tertiary/aromatic N) is 3. The standard InChI is InChI=1S/C16H14ClN5O2S/c17-13-7-19-15-12(13)2-1-3-14(15)21-25(23,24)11-6-20-22(8-11)10-16(9-18)4-5-16/h1-3,6-8,19,21H,4-5,10H2. The third kappa shape index (κ3) is 2.86. The summed E-state index contributed by atoms with van der Waals surface area (Å²) in [5, 5.41) is 14.5. The van der Waals surface area contributed by atoms with E-state index in [4.69, 9.17) is 16.9 Å². The van der Waals surface area contributed by atoms with Crippen LogP contribution in [0.5, 0.6) is 0 Å². The maximum Gasteiger partial charge on any atom is 0.265 e. The number of aromatic amines is 1. The van der Waals surface area contributed by atoms with Crippen LogP contribution >= 0.6 is 11.6 Å². The summed E-state index contributed by atoms with van der Waals surface area (Å²) >= 11 is 6.07. The second-order valence-corrected chi connectivity index (χ2v) is 8.33. The van der Waals surface area contributed by atoms with E-state index in [9.17, 15) is 8.42 Å². The Labute approximate surface area is 149 Å². The van der Waals surface area contributed by atoms with Gasteiger partial charge in [-0.05, 0) is 18.9 Å². The van der Waals surface area contributed by atoms with Crippen molar-refractivity contribution in [3.63, 3.8) is 0 Å². The van der Waals surface area contributed by atoms with Gasteiger partial charge in [-0.15, -0.1) is 0 Å². The third-order valence-electron chi connectivity index (χ3n) is 4.38. The summed E-state index contributed by atoms with van der Waals surface area (Å²) in [5.41, 5.74) is 0.630. The molecule has 0 atom stereocenters. The molecule has 0 radical (unpaired) electrons. The van der Waals surface area contributed by atoms with Crippen LogP contribution < -0.4 is 4.72 Å². The first kappa shape index (κ1) is 16.0. The lowest BCUT2D eigenvalue weighted by Crippen LogP contribution is -2.13. The Hall–Kier alpha value is -2.50. The van der Waals surface area contributed by atoms with E-state index >= 15 is 0 Å². The predicted molar refractivity (Wildman–Crippen MR) is 93.6 cm³/mol. The number of rotatable bonds is 5. The Balaban J connectivity index is 1.62. The Kier molecular flexibility index (Phi) is 3.52. The number of nitriles is 1. The lowest BCUT2D eigenvalue weighted by Gasteiger charge is -2.08. The van der Waals surface area contributed by atoms with E-state index in [-0.39, 0.29) is 4.90 Å². The van der Waals surface area contributed by atoms with Gasteiger partial charge in [0.1, 0.15) is 4.90 Å². The lowest BCUT2D eigenvalue weighted by atomic mass is 10.1. The summed E-state index contributed by atoms with van der Waals surface area (Å²) in [6, 6.07) is 7.46. The molecular weight excluding hydrogens is 362 g/mol. The molecule has 0 bridgehead atoms. The Morgan fingerprint density at radius 3 is 2.96 bits per heavy atom. The lowest BCUT2D eigenvalue weighted by molar-refractivity contribution is 0.485. The normalized spacial score (nSPS) is 15.8. The van der Waals surface area contributed by atoms with Gasteiger partial charge in [-0.25, -0.2) is 8.42 Å². The molecule has 7 nitrogen and oxygen atoms in total. The molecule has 0 spiro atoms. The van der Waals surface area contributed by atoms with Crippen molar-refractivity contribution in [3.8, 4) is 6.07 Å². The first-order valence-electron chi connectivity index (χ1n) is 7.65. The Morgan fingerprint density at radius 1 is 1.44 bits per heavy atom. The van der Waals surface area contributed by atoms with E-state index < -0.39 is 15.4 Å². The molecular formula is C16H14ClN5O2S. The van der Waals surface area contributed by atoms with Crippen molar-refractivity contribution in [3.05, 3.63) is 41.8 Å². The van der Waals surface area contributed by atoms with Crippen LogP contribution in [-0.4, -0.2) is 23.2 Å². The van der Waals surface area contributed by atoms with Crippen molar-refractivity contribution in [2.24, 2.45) is 5.41 Å². The predicted octanol–water partition coefficient (Wildman–Crippen LogP) is 3.12. The van der Waals surface area contributed by atoms with Crippen LogP contribution in [0.3, 0.4) is 0 Å². The van der Waals surface area contributed by atoms with Crippen LogP contribution in [0, 0.1) is 16.7 Å². The molecule has 9 heteroatoms. The smallest absolute Gasteiger partial charge is 0.265 e. The van der Waals surface area contributed by atoms with Gasteiger partial charge in [-0.3, -0.25) is 9.40 Å². The molecule has 0 unspecified atom stereocenters. The fourth-order valence-electron chi connectivity index (χ4n) is 2.74. The van der Waals surface area contributed by atoms with Crippen LogP contribution in [0.25, 0.3) is 10.9 Å².